The zero-order valence-corrected chi connectivity index (χ0v) is 12.8. The smallest absolute Gasteiger partial charge is 0.203 e. The zero-order chi connectivity index (χ0) is 14.7. The number of Topliss-reactive ketones (excluding diaryl/α,β-unsaturated/α-hetero) is 1. The normalized spacial score (nSPS) is 12.0. The molecule has 0 aliphatic carbocycles. The number of rotatable bonds is 4. The minimum absolute atomic E-state index is 0.177. The number of ketones is 1. The Balaban J connectivity index is 2.17. The molecule has 0 fully saturated rings. The van der Waals surface area contributed by atoms with Crippen molar-refractivity contribution in [2.24, 2.45) is 0 Å². The van der Waals surface area contributed by atoms with Gasteiger partial charge in [-0.3, -0.25) is 4.79 Å². The third kappa shape index (κ3) is 3.66. The van der Waals surface area contributed by atoms with Crippen molar-refractivity contribution in [3.05, 3.63) is 63.1 Å². The first-order valence-electron chi connectivity index (χ1n) is 5.89. The molecule has 0 bridgehead atoms. The van der Waals surface area contributed by atoms with Crippen molar-refractivity contribution in [1.29, 1.82) is 0 Å². The average Bonchev–Trinajstić information content (AvgIpc) is 2.42. The van der Waals surface area contributed by atoms with Crippen LogP contribution in [0.3, 0.4) is 0 Å². The molecule has 0 aliphatic heterocycles. The molecule has 2 nitrogen and oxygen atoms in total. The molecule has 20 heavy (non-hydrogen) atoms. The van der Waals surface area contributed by atoms with Gasteiger partial charge in [-0.05, 0) is 31.2 Å². The second kappa shape index (κ2) is 6.49. The van der Waals surface area contributed by atoms with Gasteiger partial charge in [0.1, 0.15) is 5.75 Å². The Kier molecular flexibility index (Phi) is 4.92. The van der Waals surface area contributed by atoms with Crippen LogP contribution in [0.2, 0.25) is 15.1 Å². The summed E-state index contributed by atoms with van der Waals surface area (Å²) in [6, 6.07) is 11.6. The summed E-state index contributed by atoms with van der Waals surface area (Å²) in [5, 5.41) is 1.40. The summed E-state index contributed by atoms with van der Waals surface area (Å²) in [4.78, 5) is 12.2. The summed E-state index contributed by atoms with van der Waals surface area (Å²) >= 11 is 17.7. The number of ether oxygens (including phenoxy) is 1. The molecule has 104 valence electrons. The lowest BCUT2D eigenvalue weighted by molar-refractivity contribution is 0.0818. The van der Waals surface area contributed by atoms with Crippen LogP contribution in [0.15, 0.2) is 42.5 Å². The molecule has 0 spiro atoms. The van der Waals surface area contributed by atoms with Crippen LogP contribution >= 0.6 is 34.8 Å². The van der Waals surface area contributed by atoms with Crippen molar-refractivity contribution < 1.29 is 9.53 Å². The van der Waals surface area contributed by atoms with Gasteiger partial charge in [-0.2, -0.15) is 0 Å². The van der Waals surface area contributed by atoms with Gasteiger partial charge >= 0.3 is 0 Å². The van der Waals surface area contributed by atoms with Crippen LogP contribution in [0.5, 0.6) is 5.75 Å². The lowest BCUT2D eigenvalue weighted by atomic mass is 10.1. The quantitative estimate of drug-likeness (QED) is 0.712. The number of benzene rings is 2. The molecule has 1 atom stereocenters. The monoisotopic (exact) mass is 328 g/mol. The van der Waals surface area contributed by atoms with Crippen LogP contribution in [0, 0.1) is 0 Å². The molecular formula is C15H11Cl3O2. The molecule has 0 saturated heterocycles. The Morgan fingerprint density at radius 1 is 1.05 bits per heavy atom. The first-order chi connectivity index (χ1) is 9.47. The van der Waals surface area contributed by atoms with Crippen molar-refractivity contribution in [1.82, 2.24) is 0 Å². The predicted molar refractivity (Wildman–Crippen MR) is 82.3 cm³/mol. The molecule has 1 unspecified atom stereocenters. The topological polar surface area (TPSA) is 26.3 Å². The Morgan fingerprint density at radius 2 is 1.75 bits per heavy atom. The SMILES string of the molecule is CC(Oc1cc(Cl)ccc1Cl)C(=O)c1cccc(Cl)c1. The van der Waals surface area contributed by atoms with E-state index in [0.717, 1.165) is 0 Å². The lowest BCUT2D eigenvalue weighted by Gasteiger charge is -2.15. The fraction of sp³-hybridized carbons (Fsp3) is 0.133. The highest BCUT2D eigenvalue weighted by molar-refractivity contribution is 6.34. The maximum atomic E-state index is 12.2. The van der Waals surface area contributed by atoms with Gasteiger partial charge in [0.25, 0.3) is 0 Å². The number of carbonyl (C=O) groups excluding carboxylic acids is 1. The van der Waals surface area contributed by atoms with E-state index in [0.29, 0.717) is 26.4 Å². The van der Waals surface area contributed by atoms with Gasteiger partial charge in [-0.1, -0.05) is 46.9 Å². The van der Waals surface area contributed by atoms with Crippen LogP contribution in [0.4, 0.5) is 0 Å². The summed E-state index contributed by atoms with van der Waals surface area (Å²) in [7, 11) is 0. The Morgan fingerprint density at radius 3 is 2.45 bits per heavy atom. The van der Waals surface area contributed by atoms with Crippen LogP contribution < -0.4 is 4.74 Å². The van der Waals surface area contributed by atoms with Gasteiger partial charge in [0.2, 0.25) is 5.78 Å². The Bertz CT molecular complexity index is 641. The molecule has 2 aromatic rings. The Labute approximate surface area is 132 Å². The Hall–Kier alpha value is -1.22. The van der Waals surface area contributed by atoms with Crippen LogP contribution in [0.25, 0.3) is 0 Å². The third-order valence-corrected chi connectivity index (χ3v) is 3.46. The standard InChI is InChI=1S/C15H11Cl3O2/c1-9(15(19)10-3-2-4-11(16)7-10)20-14-8-12(17)5-6-13(14)18/h2-9H,1H3. The van der Waals surface area contributed by atoms with E-state index < -0.39 is 6.10 Å². The lowest BCUT2D eigenvalue weighted by Crippen LogP contribution is -2.24. The first-order valence-corrected chi connectivity index (χ1v) is 7.02. The molecule has 2 rings (SSSR count). The summed E-state index contributed by atoms with van der Waals surface area (Å²) < 4.78 is 5.57. The highest BCUT2D eigenvalue weighted by Crippen LogP contribution is 2.29. The van der Waals surface area contributed by atoms with E-state index in [1.54, 1.807) is 49.4 Å². The zero-order valence-electron chi connectivity index (χ0n) is 10.6. The molecule has 0 aliphatic rings. The second-order valence-electron chi connectivity index (χ2n) is 4.21. The summed E-state index contributed by atoms with van der Waals surface area (Å²) in [5.74, 6) is 0.200. The second-order valence-corrected chi connectivity index (χ2v) is 5.49. The molecule has 0 amide bonds. The molecule has 2 aromatic carbocycles. The van der Waals surface area contributed by atoms with Crippen molar-refractivity contribution in [3.8, 4) is 5.75 Å². The molecule has 0 radical (unpaired) electrons. The van der Waals surface area contributed by atoms with Gasteiger partial charge < -0.3 is 4.74 Å². The fourth-order valence-electron chi connectivity index (χ4n) is 1.69. The predicted octanol–water partition coefficient (Wildman–Crippen LogP) is 5.30. The van der Waals surface area contributed by atoms with Crippen molar-refractivity contribution >= 4 is 40.6 Å². The van der Waals surface area contributed by atoms with E-state index in [1.165, 1.54) is 0 Å². The largest absolute Gasteiger partial charge is 0.481 e. The fourth-order valence-corrected chi connectivity index (χ4v) is 2.20. The van der Waals surface area contributed by atoms with E-state index in [2.05, 4.69) is 0 Å². The van der Waals surface area contributed by atoms with Gasteiger partial charge in [0, 0.05) is 21.7 Å². The van der Waals surface area contributed by atoms with Crippen molar-refractivity contribution in [2.45, 2.75) is 13.0 Å². The average molecular weight is 330 g/mol. The maximum absolute atomic E-state index is 12.2. The summed E-state index contributed by atoms with van der Waals surface area (Å²) in [6.45, 7) is 1.65. The minimum Gasteiger partial charge on any atom is -0.481 e. The highest BCUT2D eigenvalue weighted by atomic mass is 35.5. The van der Waals surface area contributed by atoms with Gasteiger partial charge in [0.05, 0.1) is 5.02 Å². The maximum Gasteiger partial charge on any atom is 0.203 e. The summed E-state index contributed by atoms with van der Waals surface area (Å²) in [5.41, 5.74) is 0.489. The van der Waals surface area contributed by atoms with E-state index in [4.69, 9.17) is 39.5 Å². The number of hydrogen-bond acceptors (Lipinski definition) is 2. The van der Waals surface area contributed by atoms with Gasteiger partial charge in [0.15, 0.2) is 6.10 Å². The van der Waals surface area contributed by atoms with Crippen molar-refractivity contribution in [3.63, 3.8) is 0 Å². The van der Waals surface area contributed by atoms with E-state index in [1.807, 2.05) is 0 Å². The van der Waals surface area contributed by atoms with Gasteiger partial charge in [-0.25, -0.2) is 0 Å². The molecular weight excluding hydrogens is 319 g/mol. The molecule has 0 saturated carbocycles. The molecule has 5 heteroatoms. The van der Waals surface area contributed by atoms with Crippen LogP contribution in [-0.2, 0) is 0 Å². The number of halogens is 3. The number of hydrogen-bond donors (Lipinski definition) is 0. The van der Waals surface area contributed by atoms with Crippen molar-refractivity contribution in [2.75, 3.05) is 0 Å². The van der Waals surface area contributed by atoms with Gasteiger partial charge in [-0.15, -0.1) is 0 Å². The van der Waals surface area contributed by atoms with E-state index in [9.17, 15) is 4.79 Å². The number of carbonyl (C=O) groups is 1. The molecule has 0 heterocycles. The minimum atomic E-state index is -0.690. The summed E-state index contributed by atoms with van der Waals surface area (Å²) in [6.07, 6.45) is -0.690. The molecule has 0 N–H and O–H groups in total. The highest BCUT2D eigenvalue weighted by Gasteiger charge is 2.18. The first kappa shape index (κ1) is 15.2. The molecule has 0 aromatic heterocycles. The van der Waals surface area contributed by atoms with Crippen LogP contribution in [0.1, 0.15) is 17.3 Å². The third-order valence-electron chi connectivity index (χ3n) is 2.68. The van der Waals surface area contributed by atoms with Crippen LogP contribution in [-0.4, -0.2) is 11.9 Å². The van der Waals surface area contributed by atoms with E-state index in [-0.39, 0.29) is 5.78 Å². The van der Waals surface area contributed by atoms with E-state index >= 15 is 0 Å².